The molecule has 1 aliphatic heterocycles. The maximum Gasteiger partial charge on any atom is 0.195 e. The first-order valence-electron chi connectivity index (χ1n) is 7.78. The maximum absolute atomic E-state index is 9.71. The van der Waals surface area contributed by atoms with Gasteiger partial charge in [0.2, 0.25) is 0 Å². The van der Waals surface area contributed by atoms with Gasteiger partial charge in [-0.05, 0) is 25.3 Å². The average Bonchev–Trinajstić information content (AvgIpc) is 3.14. The molecule has 0 spiro atoms. The van der Waals surface area contributed by atoms with E-state index in [9.17, 15) is 5.11 Å². The highest BCUT2D eigenvalue weighted by Crippen LogP contribution is 2.32. The van der Waals surface area contributed by atoms with Crippen molar-refractivity contribution >= 4 is 22.1 Å². The number of aliphatic hydroxyl groups is 1. The van der Waals surface area contributed by atoms with Gasteiger partial charge >= 0.3 is 0 Å². The van der Waals surface area contributed by atoms with Gasteiger partial charge in [0.15, 0.2) is 10.8 Å². The Kier molecular flexibility index (Phi) is 4.47. The lowest BCUT2D eigenvalue weighted by molar-refractivity contribution is 0.244. The molecule has 1 aliphatic rings. The van der Waals surface area contributed by atoms with Gasteiger partial charge in [0.05, 0.1) is 18.3 Å². The monoisotopic (exact) mass is 308 g/mol. The van der Waals surface area contributed by atoms with Crippen molar-refractivity contribution in [2.24, 2.45) is 5.92 Å². The van der Waals surface area contributed by atoms with Crippen LogP contribution < -0.4 is 10.2 Å². The molecular formula is C15H24N4OS. The number of hydrogen-bond acceptors (Lipinski definition) is 5. The Morgan fingerprint density at radius 3 is 3.14 bits per heavy atom. The lowest BCUT2D eigenvalue weighted by Gasteiger charge is -2.26. The van der Waals surface area contributed by atoms with Crippen LogP contribution >= 0.6 is 11.3 Å². The molecule has 0 aliphatic carbocycles. The Morgan fingerprint density at radius 1 is 1.52 bits per heavy atom. The van der Waals surface area contributed by atoms with Crippen LogP contribution in [0.1, 0.15) is 32.4 Å². The molecule has 3 heterocycles. The maximum atomic E-state index is 9.71. The summed E-state index contributed by atoms with van der Waals surface area (Å²) in [6.07, 6.45) is 4.34. The van der Waals surface area contributed by atoms with Crippen molar-refractivity contribution in [3.63, 3.8) is 0 Å². The zero-order valence-corrected chi connectivity index (χ0v) is 13.6. The summed E-state index contributed by atoms with van der Waals surface area (Å²) in [6, 6.07) is 0.194. The Labute approximate surface area is 129 Å². The van der Waals surface area contributed by atoms with Crippen LogP contribution in [0, 0.1) is 5.92 Å². The Hall–Kier alpha value is -1.11. The van der Waals surface area contributed by atoms with Gasteiger partial charge in [-0.2, -0.15) is 0 Å². The van der Waals surface area contributed by atoms with Crippen LogP contribution in [0.4, 0.5) is 5.82 Å². The Bertz CT molecular complexity index is 594. The van der Waals surface area contributed by atoms with E-state index in [4.69, 9.17) is 4.98 Å². The van der Waals surface area contributed by atoms with E-state index in [0.29, 0.717) is 5.92 Å². The van der Waals surface area contributed by atoms with Crippen LogP contribution in [0.2, 0.25) is 0 Å². The second kappa shape index (κ2) is 6.34. The van der Waals surface area contributed by atoms with Crippen LogP contribution in [0.25, 0.3) is 4.96 Å². The van der Waals surface area contributed by atoms with Gasteiger partial charge in [0.1, 0.15) is 0 Å². The fraction of sp³-hybridized carbons (Fsp3) is 0.667. The first-order chi connectivity index (χ1) is 10.3. The number of aromatic nitrogens is 2. The first-order valence-corrected chi connectivity index (χ1v) is 8.66. The summed E-state index contributed by atoms with van der Waals surface area (Å²) in [5.74, 6) is 1.57. The van der Waals surface area contributed by atoms with Gasteiger partial charge in [0, 0.05) is 24.7 Å². The normalized spacial score (nSPS) is 22.5. The molecule has 1 fully saturated rings. The van der Waals surface area contributed by atoms with Crippen molar-refractivity contribution in [1.82, 2.24) is 14.7 Å². The molecular weight excluding hydrogens is 284 g/mol. The summed E-state index contributed by atoms with van der Waals surface area (Å²) in [5.41, 5.74) is 1.22. The largest absolute Gasteiger partial charge is 0.394 e. The number of thiazole rings is 1. The van der Waals surface area contributed by atoms with Crippen LogP contribution in [-0.2, 0) is 6.54 Å². The van der Waals surface area contributed by atoms with E-state index in [-0.39, 0.29) is 12.6 Å². The lowest BCUT2D eigenvalue weighted by atomic mass is 10.0. The molecule has 1 saturated heterocycles. The number of hydrogen-bond donors (Lipinski definition) is 2. The summed E-state index contributed by atoms with van der Waals surface area (Å²) in [7, 11) is 0. The molecule has 0 amide bonds. The zero-order valence-electron chi connectivity index (χ0n) is 12.7. The third-order valence-electron chi connectivity index (χ3n) is 4.40. The number of anilines is 1. The molecule has 21 heavy (non-hydrogen) atoms. The van der Waals surface area contributed by atoms with Gasteiger partial charge in [-0.1, -0.05) is 13.8 Å². The lowest BCUT2D eigenvalue weighted by Crippen LogP contribution is -2.36. The van der Waals surface area contributed by atoms with Crippen molar-refractivity contribution in [3.8, 4) is 0 Å². The molecule has 0 bridgehead atoms. The van der Waals surface area contributed by atoms with Crippen molar-refractivity contribution in [2.75, 3.05) is 24.6 Å². The zero-order chi connectivity index (χ0) is 14.8. The van der Waals surface area contributed by atoms with Gasteiger partial charge < -0.3 is 15.3 Å². The summed E-state index contributed by atoms with van der Waals surface area (Å²) in [4.78, 5) is 8.16. The van der Waals surface area contributed by atoms with Crippen molar-refractivity contribution < 1.29 is 5.11 Å². The Morgan fingerprint density at radius 2 is 2.38 bits per heavy atom. The van der Waals surface area contributed by atoms with E-state index in [1.54, 1.807) is 11.3 Å². The number of nitrogens with zero attached hydrogens (tertiary/aromatic N) is 3. The topological polar surface area (TPSA) is 52.8 Å². The van der Waals surface area contributed by atoms with Crippen LogP contribution in [0.3, 0.4) is 0 Å². The van der Waals surface area contributed by atoms with E-state index >= 15 is 0 Å². The highest BCUT2D eigenvalue weighted by atomic mass is 32.1. The number of imidazole rings is 1. The molecule has 0 radical (unpaired) electrons. The molecule has 0 saturated carbocycles. The molecule has 6 heteroatoms. The van der Waals surface area contributed by atoms with Crippen molar-refractivity contribution in [2.45, 2.75) is 39.3 Å². The minimum absolute atomic E-state index is 0.194. The predicted octanol–water partition coefficient (Wildman–Crippen LogP) is 2.10. The summed E-state index contributed by atoms with van der Waals surface area (Å²) < 4.78 is 2.18. The second-order valence-electron chi connectivity index (χ2n) is 5.82. The first kappa shape index (κ1) is 14.8. The van der Waals surface area contributed by atoms with Crippen LogP contribution in [-0.4, -0.2) is 40.2 Å². The van der Waals surface area contributed by atoms with E-state index in [0.717, 1.165) is 43.3 Å². The van der Waals surface area contributed by atoms with Gasteiger partial charge in [-0.3, -0.25) is 4.40 Å². The number of nitrogens with one attached hydrogen (secondary N) is 1. The SMILES string of the molecule is CCCNCc1c(N2CCC(C)C2CO)nc2sccn12. The molecule has 2 aromatic heterocycles. The van der Waals surface area contributed by atoms with Crippen molar-refractivity contribution in [1.29, 1.82) is 0 Å². The predicted molar refractivity (Wildman–Crippen MR) is 87.1 cm³/mol. The van der Waals surface area contributed by atoms with E-state index in [1.807, 2.05) is 0 Å². The molecule has 5 nitrogen and oxygen atoms in total. The number of rotatable bonds is 6. The quantitative estimate of drug-likeness (QED) is 0.803. The van der Waals surface area contributed by atoms with Crippen LogP contribution in [0.15, 0.2) is 11.6 Å². The number of aliphatic hydroxyl groups excluding tert-OH is 1. The summed E-state index contributed by atoms with van der Waals surface area (Å²) in [5, 5.41) is 15.3. The summed E-state index contributed by atoms with van der Waals surface area (Å²) in [6.45, 7) is 7.41. The van der Waals surface area contributed by atoms with Crippen molar-refractivity contribution in [3.05, 3.63) is 17.3 Å². The molecule has 0 aromatic carbocycles. The highest BCUT2D eigenvalue weighted by Gasteiger charge is 2.33. The average molecular weight is 308 g/mol. The smallest absolute Gasteiger partial charge is 0.195 e. The van der Waals surface area contributed by atoms with Crippen LogP contribution in [0.5, 0.6) is 0 Å². The third-order valence-corrected chi connectivity index (χ3v) is 5.16. The molecule has 2 atom stereocenters. The molecule has 2 aromatic rings. The molecule has 3 rings (SSSR count). The van der Waals surface area contributed by atoms with Gasteiger partial charge in [0.25, 0.3) is 0 Å². The fourth-order valence-corrected chi connectivity index (χ4v) is 3.88. The van der Waals surface area contributed by atoms with Gasteiger partial charge in [-0.25, -0.2) is 4.98 Å². The molecule has 2 unspecified atom stereocenters. The number of fused-ring (bicyclic) bond motifs is 1. The van der Waals surface area contributed by atoms with E-state index < -0.39 is 0 Å². The second-order valence-corrected chi connectivity index (χ2v) is 6.70. The van der Waals surface area contributed by atoms with Gasteiger partial charge in [-0.15, -0.1) is 11.3 Å². The highest BCUT2D eigenvalue weighted by molar-refractivity contribution is 7.15. The summed E-state index contributed by atoms with van der Waals surface area (Å²) >= 11 is 1.66. The van der Waals surface area contributed by atoms with E-state index in [2.05, 4.69) is 40.0 Å². The fourth-order valence-electron chi connectivity index (χ4n) is 3.15. The molecule has 116 valence electrons. The standard InChI is InChI=1S/C15H24N4OS/c1-3-5-16-9-12-14(17-15-19(12)7-8-21-15)18-6-4-11(2)13(18)10-20/h7-8,11,13,16,20H,3-6,9-10H2,1-2H3. The minimum Gasteiger partial charge on any atom is -0.394 e. The molecule has 2 N–H and O–H groups in total. The van der Waals surface area contributed by atoms with E-state index in [1.165, 1.54) is 5.69 Å². The third kappa shape index (κ3) is 2.67. The Balaban J connectivity index is 1.93. The minimum atomic E-state index is 0.194.